The predicted octanol–water partition coefficient (Wildman–Crippen LogP) is 3.17. The van der Waals surface area contributed by atoms with Crippen molar-refractivity contribution in [2.75, 3.05) is 5.75 Å². The molecule has 0 unspecified atom stereocenters. The van der Waals surface area contributed by atoms with E-state index >= 15 is 0 Å². The van der Waals surface area contributed by atoms with Crippen LogP contribution in [0.2, 0.25) is 0 Å². The van der Waals surface area contributed by atoms with Crippen LogP contribution in [0.3, 0.4) is 0 Å². The molecular weight excluding hydrogens is 434 g/mol. The fourth-order valence-corrected chi connectivity index (χ4v) is 5.10. The van der Waals surface area contributed by atoms with Crippen LogP contribution in [0.5, 0.6) is 23.0 Å². The van der Waals surface area contributed by atoms with Gasteiger partial charge in [-0.25, -0.2) is 4.79 Å². The SMILES string of the molecule is N[C@@H](CSc1cccc2c1C(=O)OC21c2ccc(O)cc2Oc2cc(O)ccc21)C(=O)O. The van der Waals surface area contributed by atoms with Crippen molar-refractivity contribution >= 4 is 23.7 Å². The minimum absolute atomic E-state index is 0.0287. The quantitative estimate of drug-likeness (QED) is 0.348. The van der Waals surface area contributed by atoms with Crippen LogP contribution in [0.4, 0.5) is 0 Å². The number of carboxylic acid groups (broad SMARTS) is 1. The molecule has 0 aliphatic carbocycles. The van der Waals surface area contributed by atoms with Crippen molar-refractivity contribution < 1.29 is 34.4 Å². The number of nitrogens with two attached hydrogens (primary N) is 1. The van der Waals surface area contributed by atoms with Crippen LogP contribution in [0.1, 0.15) is 27.0 Å². The van der Waals surface area contributed by atoms with Gasteiger partial charge in [0.1, 0.15) is 29.0 Å². The van der Waals surface area contributed by atoms with Crippen LogP contribution in [0.15, 0.2) is 59.5 Å². The van der Waals surface area contributed by atoms with E-state index in [-0.39, 0.29) is 28.8 Å². The molecule has 3 aromatic rings. The zero-order chi connectivity index (χ0) is 22.6. The highest BCUT2D eigenvalue weighted by Crippen LogP contribution is 2.57. The highest BCUT2D eigenvalue weighted by molar-refractivity contribution is 7.99. The van der Waals surface area contributed by atoms with E-state index in [1.165, 1.54) is 24.3 Å². The summed E-state index contributed by atoms with van der Waals surface area (Å²) in [5.41, 5.74) is 6.18. The van der Waals surface area contributed by atoms with Gasteiger partial charge in [0.2, 0.25) is 0 Å². The van der Waals surface area contributed by atoms with E-state index < -0.39 is 23.6 Å². The van der Waals surface area contributed by atoms with Crippen molar-refractivity contribution in [2.24, 2.45) is 5.73 Å². The Kier molecular flexibility index (Phi) is 4.54. The van der Waals surface area contributed by atoms with Crippen molar-refractivity contribution in [1.29, 1.82) is 0 Å². The zero-order valence-electron chi connectivity index (χ0n) is 16.4. The summed E-state index contributed by atoms with van der Waals surface area (Å²) in [4.78, 5) is 24.8. The molecule has 5 rings (SSSR count). The number of phenols is 2. The number of carbonyl (C=O) groups is 2. The molecule has 0 saturated heterocycles. The normalized spacial score (nSPS) is 15.8. The molecule has 5 N–H and O–H groups in total. The Bertz CT molecular complexity index is 1240. The van der Waals surface area contributed by atoms with Crippen molar-refractivity contribution in [1.82, 2.24) is 0 Å². The molecule has 9 heteroatoms. The lowest BCUT2D eigenvalue weighted by molar-refractivity contribution is -0.137. The second kappa shape index (κ2) is 7.18. The fraction of sp³-hybridized carbons (Fsp3) is 0.130. The Hall–Kier alpha value is -3.69. The number of hydrogen-bond donors (Lipinski definition) is 4. The number of aliphatic carboxylic acids is 1. The molecule has 2 aliphatic heterocycles. The number of rotatable bonds is 4. The molecule has 1 atom stereocenters. The molecule has 32 heavy (non-hydrogen) atoms. The number of aromatic hydroxyl groups is 2. The molecule has 8 nitrogen and oxygen atoms in total. The maximum atomic E-state index is 13.2. The number of fused-ring (bicyclic) bond motifs is 6. The summed E-state index contributed by atoms with van der Waals surface area (Å²) in [6.45, 7) is 0. The summed E-state index contributed by atoms with van der Waals surface area (Å²) in [5, 5.41) is 29.0. The lowest BCUT2D eigenvalue weighted by Gasteiger charge is -2.36. The molecule has 3 aromatic carbocycles. The number of benzene rings is 3. The minimum atomic E-state index is -1.36. The third-order valence-electron chi connectivity index (χ3n) is 5.50. The fourth-order valence-electron chi connectivity index (χ4n) is 4.09. The lowest BCUT2D eigenvalue weighted by Crippen LogP contribution is -2.33. The number of carboxylic acids is 1. The van der Waals surface area contributed by atoms with Gasteiger partial charge in [-0.2, -0.15) is 0 Å². The third-order valence-corrected chi connectivity index (χ3v) is 6.68. The van der Waals surface area contributed by atoms with Crippen molar-refractivity contribution in [3.05, 3.63) is 76.9 Å². The molecule has 1 spiro atoms. The predicted molar refractivity (Wildman–Crippen MR) is 114 cm³/mol. The van der Waals surface area contributed by atoms with E-state index in [9.17, 15) is 19.8 Å². The first-order valence-electron chi connectivity index (χ1n) is 9.64. The molecule has 0 amide bonds. The van der Waals surface area contributed by atoms with Crippen molar-refractivity contribution in [3.8, 4) is 23.0 Å². The Labute approximate surface area is 186 Å². The number of thioether (sulfide) groups is 1. The van der Waals surface area contributed by atoms with Crippen molar-refractivity contribution in [3.63, 3.8) is 0 Å². The van der Waals surface area contributed by atoms with Gasteiger partial charge in [0, 0.05) is 39.5 Å². The van der Waals surface area contributed by atoms with Gasteiger partial charge in [0.25, 0.3) is 0 Å². The number of hydrogen-bond acceptors (Lipinski definition) is 8. The van der Waals surface area contributed by atoms with E-state index in [2.05, 4.69) is 0 Å². The van der Waals surface area contributed by atoms with Gasteiger partial charge < -0.3 is 30.5 Å². The van der Waals surface area contributed by atoms with E-state index in [1.54, 1.807) is 30.3 Å². The second-order valence-electron chi connectivity index (χ2n) is 7.47. The van der Waals surface area contributed by atoms with Gasteiger partial charge in [-0.3, -0.25) is 4.79 Å². The Balaban J connectivity index is 1.72. The highest BCUT2D eigenvalue weighted by Gasteiger charge is 2.54. The Morgan fingerprint density at radius 1 is 1.00 bits per heavy atom. The van der Waals surface area contributed by atoms with E-state index in [1.807, 2.05) is 0 Å². The maximum Gasteiger partial charge on any atom is 0.341 e. The zero-order valence-corrected chi connectivity index (χ0v) is 17.3. The standard InChI is InChI=1S/C23H17NO7S/c24-16(21(27)28)10-32-19-3-1-2-15-20(19)22(29)31-23(15)13-6-4-11(25)8-17(13)30-18-9-12(26)5-7-14(18)23/h1-9,16,25-26H,10,24H2,(H,27,28)/t16-/m0/s1. The summed E-state index contributed by atoms with van der Waals surface area (Å²) < 4.78 is 12.0. The molecule has 0 radical (unpaired) electrons. The van der Waals surface area contributed by atoms with Gasteiger partial charge in [0.15, 0.2) is 5.60 Å². The first-order chi connectivity index (χ1) is 15.3. The Morgan fingerprint density at radius 2 is 1.62 bits per heavy atom. The van der Waals surface area contributed by atoms with Crippen LogP contribution in [-0.4, -0.2) is 39.1 Å². The minimum Gasteiger partial charge on any atom is -0.508 e. The van der Waals surface area contributed by atoms with Gasteiger partial charge >= 0.3 is 11.9 Å². The highest BCUT2D eigenvalue weighted by atomic mass is 32.2. The molecular formula is C23H17NO7S. The van der Waals surface area contributed by atoms with Crippen molar-refractivity contribution in [2.45, 2.75) is 16.5 Å². The largest absolute Gasteiger partial charge is 0.508 e. The summed E-state index contributed by atoms with van der Waals surface area (Å²) in [7, 11) is 0. The van der Waals surface area contributed by atoms with E-state index in [4.69, 9.17) is 20.3 Å². The average Bonchev–Trinajstić information content (AvgIpc) is 3.05. The number of ether oxygens (including phenoxy) is 2. The summed E-state index contributed by atoms with van der Waals surface area (Å²) >= 11 is 1.16. The Morgan fingerprint density at radius 3 is 2.22 bits per heavy atom. The lowest BCUT2D eigenvalue weighted by atomic mass is 9.77. The first-order valence-corrected chi connectivity index (χ1v) is 10.6. The molecule has 0 bridgehead atoms. The van der Waals surface area contributed by atoms with Gasteiger partial charge in [0.05, 0.1) is 5.56 Å². The number of phenolic OH excluding ortho intramolecular Hbond substituents is 2. The van der Waals surface area contributed by atoms with Crippen LogP contribution in [0.25, 0.3) is 0 Å². The van der Waals surface area contributed by atoms with E-state index in [0.717, 1.165) is 11.8 Å². The molecule has 0 saturated carbocycles. The maximum absolute atomic E-state index is 13.2. The van der Waals surface area contributed by atoms with Crippen LogP contribution in [0, 0.1) is 0 Å². The summed E-state index contributed by atoms with van der Waals surface area (Å²) in [6.07, 6.45) is 0. The summed E-state index contributed by atoms with van der Waals surface area (Å²) in [6, 6.07) is 13.2. The smallest absolute Gasteiger partial charge is 0.341 e. The average molecular weight is 451 g/mol. The molecule has 0 aromatic heterocycles. The molecule has 2 heterocycles. The molecule has 0 fully saturated rings. The van der Waals surface area contributed by atoms with Gasteiger partial charge in [-0.1, -0.05) is 12.1 Å². The topological polar surface area (TPSA) is 139 Å². The monoisotopic (exact) mass is 451 g/mol. The third kappa shape index (κ3) is 2.89. The second-order valence-corrected chi connectivity index (χ2v) is 8.53. The van der Waals surface area contributed by atoms with Crippen LogP contribution < -0.4 is 10.5 Å². The molecule has 162 valence electrons. The van der Waals surface area contributed by atoms with Gasteiger partial charge in [-0.15, -0.1) is 11.8 Å². The van der Waals surface area contributed by atoms with Crippen LogP contribution in [-0.2, 0) is 15.1 Å². The molecule has 2 aliphatic rings. The van der Waals surface area contributed by atoms with Gasteiger partial charge in [-0.05, 0) is 30.3 Å². The van der Waals surface area contributed by atoms with Crippen LogP contribution >= 0.6 is 11.8 Å². The summed E-state index contributed by atoms with van der Waals surface area (Å²) in [5.74, 6) is -1.12. The number of esters is 1. The first kappa shape index (κ1) is 20.2. The number of carbonyl (C=O) groups excluding carboxylic acids is 1. The van der Waals surface area contributed by atoms with E-state index in [0.29, 0.717) is 27.1 Å².